The summed E-state index contributed by atoms with van der Waals surface area (Å²) in [5, 5.41) is 1.34. The molecule has 0 atom stereocenters. The molecule has 0 aromatic carbocycles. The van der Waals surface area contributed by atoms with Crippen LogP contribution in [-0.4, -0.2) is 22.5 Å². The zero-order valence-electron chi connectivity index (χ0n) is 17.3. The van der Waals surface area contributed by atoms with E-state index in [0.29, 0.717) is 10.1 Å². The molecule has 32 heavy (non-hydrogen) atoms. The van der Waals surface area contributed by atoms with Crippen molar-refractivity contribution in [2.45, 2.75) is 37.7 Å². The number of carbonyl (C=O) groups excluding carboxylic acids is 2. The third-order valence-electron chi connectivity index (χ3n) is 1.73. The average Bonchev–Trinajstić information content (AvgIpc) is 2.75. The molecule has 2 rings (SSSR count). The van der Waals surface area contributed by atoms with Gasteiger partial charge in [0.1, 0.15) is 0 Å². The number of aromatic nitrogens is 2. The van der Waals surface area contributed by atoms with Crippen molar-refractivity contribution in [3.63, 3.8) is 0 Å². The second-order valence-corrected chi connectivity index (χ2v) is 4.48. The van der Waals surface area contributed by atoms with Crippen LogP contribution in [0.1, 0.15) is 25.2 Å². The Labute approximate surface area is 221 Å². The predicted molar refractivity (Wildman–Crippen MR) is 108 cm³/mol. The molecule has 12 heteroatoms. The average molecular weight is 558 g/mol. The summed E-state index contributed by atoms with van der Waals surface area (Å²) in [5.74, 6) is 0. The minimum atomic E-state index is 0. The second kappa shape index (κ2) is 56.9. The number of rotatable bonds is 0. The van der Waals surface area contributed by atoms with Crippen LogP contribution in [0.3, 0.4) is 0 Å². The fourth-order valence-electron chi connectivity index (χ4n) is 1.04. The smallest absolute Gasteiger partial charge is 2.00 e. The van der Waals surface area contributed by atoms with E-state index in [9.17, 15) is 0 Å². The molecule has 0 saturated heterocycles. The molecule has 0 radical (unpaired) electrons. The SMILES string of the molecule is C[C-]=O.C[C-]=O.Cc1cccc([S-])n1.Cc1cccc([S-])n1.[C-]#[O+].[C-]#[O+].[C-]#[O+].[C-]#[O+].[Fe+2].[Fe+2]. The molecule has 2 aromatic rings. The Bertz CT molecular complexity index is 620. The molecule has 0 aliphatic rings. The summed E-state index contributed by atoms with van der Waals surface area (Å²) in [4.78, 5) is 25.3. The molecule has 0 spiro atoms. The number of nitrogens with zero attached hydrogens (tertiary/aromatic N) is 2. The molecule has 0 unspecified atom stereocenters. The maximum absolute atomic E-state index is 8.68. The Morgan fingerprint density at radius 3 is 0.938 bits per heavy atom. The van der Waals surface area contributed by atoms with E-state index in [0.717, 1.165) is 11.4 Å². The molecule has 0 bridgehead atoms. The first-order valence-corrected chi connectivity index (χ1v) is 7.83. The van der Waals surface area contributed by atoms with Gasteiger partial charge in [-0.15, -0.1) is 0 Å². The van der Waals surface area contributed by atoms with E-state index >= 15 is 0 Å². The van der Waals surface area contributed by atoms with E-state index in [1.807, 2.05) is 50.2 Å². The van der Waals surface area contributed by atoms with Crippen LogP contribution in [0.4, 0.5) is 0 Å². The van der Waals surface area contributed by atoms with Crippen molar-refractivity contribution in [1.82, 2.24) is 9.97 Å². The van der Waals surface area contributed by atoms with E-state index in [2.05, 4.69) is 36.6 Å². The zero-order chi connectivity index (χ0) is 25.4. The standard InChI is InChI=1S/2C6H7NS.2C2H3O.4CO.2Fe/c2*1-5-3-2-4-6(8)7-5;2*1-2-3;4*1-2;;/h2*2-4H,1H3,(H,7,8);2*1H3;;;;;;/q;;2*-1;;;;;2*+2/p-2. The largest absolute Gasteiger partial charge is 2.00 e. The van der Waals surface area contributed by atoms with Gasteiger partial charge in [0.2, 0.25) is 0 Å². The minimum absolute atomic E-state index is 0. The molecule has 0 saturated carbocycles. The number of hydrogen-bond acceptors (Lipinski definition) is 6. The second-order valence-electron chi connectivity index (χ2n) is 3.64. The maximum atomic E-state index is 8.68. The van der Waals surface area contributed by atoms with Gasteiger partial charge in [0.25, 0.3) is 0 Å². The summed E-state index contributed by atoms with van der Waals surface area (Å²) in [6.45, 7) is 24.5. The van der Waals surface area contributed by atoms with Crippen LogP contribution in [0.15, 0.2) is 46.5 Å². The van der Waals surface area contributed by atoms with Crippen molar-refractivity contribution in [3.8, 4) is 0 Å². The Balaban J connectivity index is -0.0000000375. The molecule has 0 N–H and O–H groups in total. The predicted octanol–water partition coefficient (Wildman–Crippen LogP) is 2.67. The van der Waals surface area contributed by atoms with Crippen LogP contribution < -0.4 is 0 Å². The molecule has 172 valence electrons. The van der Waals surface area contributed by atoms with Crippen LogP contribution in [0.5, 0.6) is 0 Å². The first-order chi connectivity index (χ1) is 14.4. The molecule has 0 aliphatic carbocycles. The Morgan fingerprint density at radius 1 is 0.656 bits per heavy atom. The van der Waals surface area contributed by atoms with Gasteiger partial charge < -0.3 is 34.8 Å². The van der Waals surface area contributed by atoms with Gasteiger partial charge in [-0.2, -0.15) is 13.8 Å². The van der Waals surface area contributed by atoms with Gasteiger partial charge in [0.15, 0.2) is 0 Å². The third kappa shape index (κ3) is 63.0. The van der Waals surface area contributed by atoms with Crippen molar-refractivity contribution in [2.75, 3.05) is 0 Å². The summed E-state index contributed by atoms with van der Waals surface area (Å²) in [6.07, 6.45) is 3.00. The number of pyridine rings is 2. The summed E-state index contributed by atoms with van der Waals surface area (Å²) >= 11 is 9.58. The molecule has 8 nitrogen and oxygen atoms in total. The van der Waals surface area contributed by atoms with Gasteiger partial charge in [-0.3, -0.25) is 22.5 Å². The van der Waals surface area contributed by atoms with Gasteiger partial charge in [-0.05, 0) is 26.0 Å². The normalized spacial score (nSPS) is 5.62. The van der Waals surface area contributed by atoms with Crippen LogP contribution in [0, 0.1) is 40.4 Å². The summed E-state index contributed by atoms with van der Waals surface area (Å²) < 4.78 is 30.0. The molecule has 0 amide bonds. The van der Waals surface area contributed by atoms with Gasteiger partial charge >= 0.3 is 79.3 Å². The Kier molecular flexibility index (Phi) is 92.7. The zero-order valence-corrected chi connectivity index (χ0v) is 21.2. The molecular weight excluding hydrogens is 540 g/mol. The molecule has 0 fully saturated rings. The van der Waals surface area contributed by atoms with Crippen molar-refractivity contribution >= 4 is 37.8 Å². The van der Waals surface area contributed by atoms with E-state index < -0.39 is 0 Å². The molecule has 0 aliphatic heterocycles. The first kappa shape index (κ1) is 52.2. The third-order valence-corrected chi connectivity index (χ3v) is 2.18. The van der Waals surface area contributed by atoms with Crippen molar-refractivity contribution in [2.24, 2.45) is 0 Å². The molecule has 2 aromatic heterocycles. The fraction of sp³-hybridized carbons (Fsp3) is 0.200. The topological polar surface area (TPSA) is 140 Å². The van der Waals surface area contributed by atoms with Crippen molar-refractivity contribution in [1.29, 1.82) is 0 Å². The van der Waals surface area contributed by atoms with Gasteiger partial charge in [-0.1, -0.05) is 34.3 Å². The Hall–Kier alpha value is -1.92. The van der Waals surface area contributed by atoms with E-state index in [-0.39, 0.29) is 34.1 Å². The summed E-state index contributed by atoms with van der Waals surface area (Å²) in [6, 6.07) is 11.3. The first-order valence-electron chi connectivity index (χ1n) is 7.02. The van der Waals surface area contributed by atoms with Crippen LogP contribution in [0.2, 0.25) is 0 Å². The molecular formula is C20H18Fe2N2O6S2. The number of aryl methyl sites for hydroxylation is 2. The van der Waals surface area contributed by atoms with Crippen molar-refractivity contribution in [3.05, 3.63) is 74.4 Å². The van der Waals surface area contributed by atoms with E-state index in [1.54, 1.807) is 0 Å². The van der Waals surface area contributed by atoms with Crippen molar-refractivity contribution < 1.29 is 62.3 Å². The van der Waals surface area contributed by atoms with Gasteiger partial charge in [0.05, 0.1) is 0 Å². The van der Waals surface area contributed by atoms with Crippen LogP contribution in [0.25, 0.3) is 0 Å². The van der Waals surface area contributed by atoms with Crippen LogP contribution >= 0.6 is 0 Å². The quantitative estimate of drug-likeness (QED) is 0.211. The Morgan fingerprint density at radius 2 is 0.844 bits per heavy atom. The maximum Gasteiger partial charge on any atom is 2.00 e. The summed E-state index contributed by atoms with van der Waals surface area (Å²) in [5.41, 5.74) is 1.97. The van der Waals surface area contributed by atoms with Gasteiger partial charge in [-0.25, -0.2) is 0 Å². The van der Waals surface area contributed by atoms with E-state index in [4.69, 9.17) is 53.5 Å². The monoisotopic (exact) mass is 558 g/mol. The minimum Gasteiger partial charge on any atom is 2.00 e. The fourth-order valence-corrected chi connectivity index (χ4v) is 1.48. The van der Waals surface area contributed by atoms with Crippen LogP contribution in [-0.2, 0) is 87.6 Å². The summed E-state index contributed by atoms with van der Waals surface area (Å²) in [7, 11) is 0. The molecule has 2 heterocycles. The number of hydrogen-bond donors (Lipinski definition) is 0. The van der Waals surface area contributed by atoms with Gasteiger partial charge in [0, 0.05) is 11.4 Å². The van der Waals surface area contributed by atoms with E-state index in [1.165, 1.54) is 26.4 Å².